The lowest BCUT2D eigenvalue weighted by atomic mass is 10.1. The van der Waals surface area contributed by atoms with Crippen molar-refractivity contribution in [1.29, 1.82) is 0 Å². The number of nitrogens with one attached hydrogen (secondary N) is 1. The minimum Gasteiger partial charge on any atom is -0.312 e. The van der Waals surface area contributed by atoms with Crippen molar-refractivity contribution in [3.63, 3.8) is 0 Å². The summed E-state index contributed by atoms with van der Waals surface area (Å²) < 4.78 is 4.35. The lowest BCUT2D eigenvalue weighted by Crippen LogP contribution is -2.12. The van der Waals surface area contributed by atoms with Crippen molar-refractivity contribution in [2.75, 3.05) is 6.54 Å². The van der Waals surface area contributed by atoms with Crippen LogP contribution in [0.5, 0.6) is 0 Å². The molecule has 1 N–H and O–H groups in total. The van der Waals surface area contributed by atoms with Crippen molar-refractivity contribution >= 4 is 37.4 Å². The average molecular weight is 350 g/mol. The highest BCUT2D eigenvalue weighted by atomic mass is 79.9. The fourth-order valence-corrected chi connectivity index (χ4v) is 3.80. The van der Waals surface area contributed by atoms with Crippen LogP contribution in [0.15, 0.2) is 41.1 Å². The van der Waals surface area contributed by atoms with E-state index in [4.69, 9.17) is 0 Å². The topological polar surface area (TPSA) is 29.9 Å². The average Bonchev–Trinajstić information content (AvgIpc) is 3.02. The molecular weight excluding hydrogens is 334 g/mol. The Morgan fingerprint density at radius 1 is 1.35 bits per heavy atom. The van der Waals surface area contributed by atoms with Crippen LogP contribution in [0.25, 0.3) is 10.1 Å². The quantitative estimate of drug-likeness (QED) is 0.753. The van der Waals surface area contributed by atoms with Crippen molar-refractivity contribution in [3.05, 3.63) is 51.6 Å². The van der Waals surface area contributed by atoms with Crippen LogP contribution in [0.3, 0.4) is 0 Å². The van der Waals surface area contributed by atoms with Crippen molar-refractivity contribution < 1.29 is 0 Å². The summed E-state index contributed by atoms with van der Waals surface area (Å²) >= 11 is 5.33. The van der Waals surface area contributed by atoms with E-state index in [-0.39, 0.29) is 0 Å². The van der Waals surface area contributed by atoms with Crippen LogP contribution >= 0.6 is 27.3 Å². The van der Waals surface area contributed by atoms with Crippen LogP contribution in [-0.4, -0.2) is 16.3 Å². The summed E-state index contributed by atoms with van der Waals surface area (Å²) in [5.41, 5.74) is 1.38. The number of thiophene rings is 1. The van der Waals surface area contributed by atoms with E-state index < -0.39 is 0 Å². The van der Waals surface area contributed by atoms with Gasteiger partial charge in [-0.05, 0) is 39.5 Å². The summed E-state index contributed by atoms with van der Waals surface area (Å²) in [6.45, 7) is 4.86. The Balaban J connectivity index is 2.01. The van der Waals surface area contributed by atoms with Crippen LogP contribution in [0.2, 0.25) is 0 Å². The molecule has 20 heavy (non-hydrogen) atoms. The second-order valence-electron chi connectivity index (χ2n) is 4.64. The van der Waals surface area contributed by atoms with E-state index in [0.29, 0.717) is 0 Å². The standard InChI is InChI=1S/C15H16BrN3S/c1-2-17-8-15-13(10-19-9-11(16)7-18-19)12-5-3-4-6-14(12)20-15/h3-7,9,17H,2,8,10H2,1H3. The van der Waals surface area contributed by atoms with E-state index in [9.17, 15) is 0 Å². The van der Waals surface area contributed by atoms with Gasteiger partial charge in [-0.25, -0.2) is 0 Å². The van der Waals surface area contributed by atoms with Crippen molar-refractivity contribution in [2.24, 2.45) is 0 Å². The summed E-state index contributed by atoms with van der Waals surface area (Å²) in [6.07, 6.45) is 3.85. The molecule has 0 atom stereocenters. The second-order valence-corrected chi connectivity index (χ2v) is 6.69. The molecule has 104 valence electrons. The monoisotopic (exact) mass is 349 g/mol. The predicted molar refractivity (Wildman–Crippen MR) is 88.2 cm³/mol. The number of aromatic nitrogens is 2. The molecule has 3 aromatic rings. The van der Waals surface area contributed by atoms with Gasteiger partial charge in [0, 0.05) is 22.3 Å². The molecule has 3 rings (SSSR count). The van der Waals surface area contributed by atoms with E-state index in [1.54, 1.807) is 0 Å². The van der Waals surface area contributed by atoms with Gasteiger partial charge >= 0.3 is 0 Å². The predicted octanol–water partition coefficient (Wildman–Crippen LogP) is 4.02. The van der Waals surface area contributed by atoms with Gasteiger partial charge in [-0.2, -0.15) is 5.10 Å². The van der Waals surface area contributed by atoms with E-state index in [2.05, 4.69) is 57.5 Å². The van der Waals surface area contributed by atoms with Crippen LogP contribution in [0.4, 0.5) is 0 Å². The largest absolute Gasteiger partial charge is 0.312 e. The molecule has 1 aromatic carbocycles. The molecule has 0 radical (unpaired) electrons. The van der Waals surface area contributed by atoms with Crippen LogP contribution in [0, 0.1) is 0 Å². The van der Waals surface area contributed by atoms with Crippen LogP contribution in [0.1, 0.15) is 17.4 Å². The molecule has 0 fully saturated rings. The van der Waals surface area contributed by atoms with Crippen LogP contribution < -0.4 is 5.32 Å². The van der Waals surface area contributed by atoms with Crippen LogP contribution in [-0.2, 0) is 13.1 Å². The molecule has 2 aromatic heterocycles. The summed E-state index contributed by atoms with van der Waals surface area (Å²) in [6, 6.07) is 8.60. The molecule has 0 saturated carbocycles. The van der Waals surface area contributed by atoms with Gasteiger partial charge < -0.3 is 5.32 Å². The molecule has 0 bridgehead atoms. The Kier molecular flexibility index (Phi) is 4.19. The molecule has 5 heteroatoms. The molecule has 0 aliphatic heterocycles. The lowest BCUT2D eigenvalue weighted by molar-refractivity contribution is 0.675. The number of rotatable bonds is 5. The minimum absolute atomic E-state index is 0.816. The first kappa shape index (κ1) is 13.8. The number of benzene rings is 1. The zero-order valence-electron chi connectivity index (χ0n) is 11.3. The van der Waals surface area contributed by atoms with Crippen molar-refractivity contribution in [2.45, 2.75) is 20.0 Å². The minimum atomic E-state index is 0.816. The highest BCUT2D eigenvalue weighted by Gasteiger charge is 2.12. The van der Waals surface area contributed by atoms with Gasteiger partial charge in [-0.1, -0.05) is 25.1 Å². The smallest absolute Gasteiger partial charge is 0.0677 e. The lowest BCUT2D eigenvalue weighted by Gasteiger charge is -2.06. The number of halogens is 1. The molecule has 0 unspecified atom stereocenters. The van der Waals surface area contributed by atoms with E-state index in [1.807, 2.05) is 28.4 Å². The first-order valence-electron chi connectivity index (χ1n) is 6.66. The highest BCUT2D eigenvalue weighted by Crippen LogP contribution is 2.32. The van der Waals surface area contributed by atoms with Gasteiger partial charge in [-0.15, -0.1) is 11.3 Å². The third kappa shape index (κ3) is 2.80. The molecule has 0 amide bonds. The first-order chi connectivity index (χ1) is 9.78. The van der Waals surface area contributed by atoms with Gasteiger partial charge in [0.2, 0.25) is 0 Å². The summed E-state index contributed by atoms with van der Waals surface area (Å²) in [7, 11) is 0. The maximum atomic E-state index is 4.37. The Labute approximate surface area is 130 Å². The van der Waals surface area contributed by atoms with E-state index in [1.165, 1.54) is 20.5 Å². The number of nitrogens with zero attached hydrogens (tertiary/aromatic N) is 2. The fourth-order valence-electron chi connectivity index (χ4n) is 2.29. The zero-order valence-corrected chi connectivity index (χ0v) is 13.7. The van der Waals surface area contributed by atoms with Gasteiger partial charge in [0.1, 0.15) is 0 Å². The summed E-state index contributed by atoms with van der Waals surface area (Å²) in [5, 5.41) is 9.15. The van der Waals surface area contributed by atoms with Crippen molar-refractivity contribution in [1.82, 2.24) is 15.1 Å². The van der Waals surface area contributed by atoms with Crippen molar-refractivity contribution in [3.8, 4) is 0 Å². The third-order valence-corrected chi connectivity index (χ3v) is 4.86. The molecule has 0 aliphatic rings. The highest BCUT2D eigenvalue weighted by molar-refractivity contribution is 9.10. The fraction of sp³-hybridized carbons (Fsp3) is 0.267. The van der Waals surface area contributed by atoms with Gasteiger partial charge in [-0.3, -0.25) is 4.68 Å². The Bertz CT molecular complexity index is 717. The second kappa shape index (κ2) is 6.08. The van der Waals surface area contributed by atoms with E-state index >= 15 is 0 Å². The number of fused-ring (bicyclic) bond motifs is 1. The Morgan fingerprint density at radius 2 is 2.20 bits per heavy atom. The normalized spacial score (nSPS) is 11.3. The molecule has 0 saturated heterocycles. The zero-order chi connectivity index (χ0) is 13.9. The summed E-state index contributed by atoms with van der Waals surface area (Å²) in [5.74, 6) is 0. The Hall–Kier alpha value is -1.17. The molecule has 0 aliphatic carbocycles. The van der Waals surface area contributed by atoms with Gasteiger partial charge in [0.15, 0.2) is 0 Å². The molecule has 0 spiro atoms. The number of hydrogen-bond donors (Lipinski definition) is 1. The number of hydrogen-bond acceptors (Lipinski definition) is 3. The summed E-state index contributed by atoms with van der Waals surface area (Å²) in [4.78, 5) is 1.40. The Morgan fingerprint density at radius 3 is 2.95 bits per heavy atom. The maximum Gasteiger partial charge on any atom is 0.0677 e. The van der Waals surface area contributed by atoms with Gasteiger partial charge in [0.25, 0.3) is 0 Å². The van der Waals surface area contributed by atoms with Gasteiger partial charge in [0.05, 0.1) is 17.2 Å². The molecule has 2 heterocycles. The van der Waals surface area contributed by atoms with E-state index in [0.717, 1.165) is 24.1 Å². The SMILES string of the molecule is CCNCc1sc2ccccc2c1Cn1cc(Br)cn1. The first-order valence-corrected chi connectivity index (χ1v) is 8.27. The third-order valence-electron chi connectivity index (χ3n) is 3.24. The maximum absolute atomic E-state index is 4.37. The molecule has 3 nitrogen and oxygen atoms in total. The molecular formula is C15H16BrN3S.